The third-order valence-corrected chi connectivity index (χ3v) is 5.92. The fourth-order valence-electron chi connectivity index (χ4n) is 3.93. The lowest BCUT2D eigenvalue weighted by Crippen LogP contribution is -2.30. The summed E-state index contributed by atoms with van der Waals surface area (Å²) in [7, 11) is 0. The molecule has 5 rings (SSSR count). The zero-order valence-electron chi connectivity index (χ0n) is 17.0. The molecule has 1 amide bonds. The van der Waals surface area contributed by atoms with E-state index in [4.69, 9.17) is 20.5 Å². The molecule has 1 saturated heterocycles. The molecule has 0 saturated carbocycles. The molecule has 0 aliphatic carbocycles. The number of likely N-dealkylation sites (tertiary alicyclic amines) is 1. The van der Waals surface area contributed by atoms with Crippen molar-refractivity contribution in [2.24, 2.45) is 0 Å². The highest BCUT2D eigenvalue weighted by Gasteiger charge is 2.35. The smallest absolute Gasteiger partial charge is 0.293 e. The minimum Gasteiger partial charge on any atom is -0.443 e. The highest BCUT2D eigenvalue weighted by atomic mass is 35.5. The van der Waals surface area contributed by atoms with Crippen molar-refractivity contribution < 1.29 is 18.1 Å². The maximum atomic E-state index is 13.2. The molecule has 8 heteroatoms. The molecule has 0 bridgehead atoms. The second-order valence-electron chi connectivity index (χ2n) is 7.67. The summed E-state index contributed by atoms with van der Waals surface area (Å²) in [6.07, 6.45) is 3.78. The maximum absolute atomic E-state index is 13.2. The number of nitrogens with zero attached hydrogens (tertiary/aromatic N) is 3. The van der Waals surface area contributed by atoms with Crippen molar-refractivity contribution in [3.05, 3.63) is 94.6 Å². The largest absolute Gasteiger partial charge is 0.443 e. The number of aromatic nitrogens is 2. The molecule has 32 heavy (non-hydrogen) atoms. The summed E-state index contributed by atoms with van der Waals surface area (Å²) in [5, 5.41) is 4.64. The zero-order valence-corrected chi connectivity index (χ0v) is 17.8. The molecule has 2 aromatic carbocycles. The Balaban J connectivity index is 1.33. The lowest BCUT2D eigenvalue weighted by atomic mass is 10.1. The molecule has 1 aliphatic heterocycles. The van der Waals surface area contributed by atoms with Gasteiger partial charge in [-0.15, -0.1) is 0 Å². The maximum Gasteiger partial charge on any atom is 0.293 e. The van der Waals surface area contributed by atoms with E-state index in [0.29, 0.717) is 40.9 Å². The third-order valence-electron chi connectivity index (χ3n) is 5.55. The number of hydrogen-bond donors (Lipinski definition) is 0. The van der Waals surface area contributed by atoms with Gasteiger partial charge in [-0.2, -0.15) is 0 Å². The minimum atomic E-state index is -0.340. The standard InChI is InChI=1S/C24H19ClFN3O3/c25-19-5-2-1-4-16(19)12-18-14-27-23(31-18)21-6-3-11-29(21)24(30)22-13-20(28-32-22)15-7-9-17(26)10-8-15/h1-2,4-5,7-10,13-14,21H,3,6,11-12H2/t21-/m1/s1. The Morgan fingerprint density at radius 1 is 1.19 bits per heavy atom. The van der Waals surface area contributed by atoms with Crippen molar-refractivity contribution in [2.75, 3.05) is 6.54 Å². The Bertz CT molecular complexity index is 1250. The predicted octanol–water partition coefficient (Wildman–Crippen LogP) is 5.69. The molecule has 2 aromatic heterocycles. The number of carbonyl (C=O) groups is 1. The van der Waals surface area contributed by atoms with Crippen molar-refractivity contribution in [1.82, 2.24) is 15.0 Å². The van der Waals surface area contributed by atoms with Crippen LogP contribution in [0.25, 0.3) is 11.3 Å². The molecule has 0 N–H and O–H groups in total. The van der Waals surface area contributed by atoms with Crippen molar-refractivity contribution >= 4 is 17.5 Å². The summed E-state index contributed by atoms with van der Waals surface area (Å²) in [6.45, 7) is 0.568. The topological polar surface area (TPSA) is 72.4 Å². The first kappa shape index (κ1) is 20.5. The average Bonchev–Trinajstić information content (AvgIpc) is 3.56. The van der Waals surface area contributed by atoms with E-state index in [9.17, 15) is 9.18 Å². The first-order valence-electron chi connectivity index (χ1n) is 10.3. The van der Waals surface area contributed by atoms with Crippen LogP contribution in [0.5, 0.6) is 0 Å². The first-order valence-corrected chi connectivity index (χ1v) is 10.7. The molecular formula is C24H19ClFN3O3. The monoisotopic (exact) mass is 451 g/mol. The normalized spacial score (nSPS) is 15.9. The van der Waals surface area contributed by atoms with Crippen LogP contribution < -0.4 is 0 Å². The Hall–Kier alpha value is -3.45. The van der Waals surface area contributed by atoms with Crippen LogP contribution in [-0.4, -0.2) is 27.5 Å². The number of oxazole rings is 1. The van der Waals surface area contributed by atoms with Crippen LogP contribution in [0.3, 0.4) is 0 Å². The number of rotatable bonds is 5. The van der Waals surface area contributed by atoms with Gasteiger partial charge in [-0.05, 0) is 48.7 Å². The second kappa shape index (κ2) is 8.59. The van der Waals surface area contributed by atoms with Gasteiger partial charge in [-0.3, -0.25) is 4.79 Å². The Morgan fingerprint density at radius 3 is 2.81 bits per heavy atom. The molecule has 162 valence electrons. The second-order valence-corrected chi connectivity index (χ2v) is 8.08. The van der Waals surface area contributed by atoms with Crippen LogP contribution in [0, 0.1) is 5.82 Å². The van der Waals surface area contributed by atoms with E-state index < -0.39 is 0 Å². The van der Waals surface area contributed by atoms with Crippen LogP contribution in [0.1, 0.15) is 46.7 Å². The number of carbonyl (C=O) groups excluding carboxylic acids is 1. The molecule has 0 unspecified atom stereocenters. The summed E-state index contributed by atoms with van der Waals surface area (Å²) in [5.74, 6) is 0.688. The van der Waals surface area contributed by atoms with Crippen LogP contribution in [0.15, 0.2) is 69.7 Å². The SMILES string of the molecule is O=C(c1cc(-c2ccc(F)cc2)no1)N1CCC[C@@H]1c1ncc(Cc2ccccc2Cl)o1. The summed E-state index contributed by atoms with van der Waals surface area (Å²) >= 11 is 6.24. The molecule has 6 nitrogen and oxygen atoms in total. The average molecular weight is 452 g/mol. The number of benzene rings is 2. The van der Waals surface area contributed by atoms with E-state index in [-0.39, 0.29) is 23.5 Å². The van der Waals surface area contributed by atoms with Crippen LogP contribution >= 0.6 is 11.6 Å². The fraction of sp³-hybridized carbons (Fsp3) is 0.208. The van der Waals surface area contributed by atoms with E-state index >= 15 is 0 Å². The van der Waals surface area contributed by atoms with E-state index in [1.807, 2.05) is 24.3 Å². The Kier molecular flexibility index (Phi) is 5.49. The van der Waals surface area contributed by atoms with Crippen molar-refractivity contribution in [3.8, 4) is 11.3 Å². The van der Waals surface area contributed by atoms with Crippen LogP contribution in [0.2, 0.25) is 5.02 Å². The van der Waals surface area contributed by atoms with Gasteiger partial charge in [0.15, 0.2) is 0 Å². The van der Waals surface area contributed by atoms with E-state index in [2.05, 4.69) is 10.1 Å². The molecule has 4 aromatic rings. The minimum absolute atomic E-state index is 0.124. The molecule has 1 aliphatic rings. The Morgan fingerprint density at radius 2 is 2.00 bits per heavy atom. The third kappa shape index (κ3) is 4.03. The van der Waals surface area contributed by atoms with Gasteiger partial charge in [-0.25, -0.2) is 9.37 Å². The van der Waals surface area contributed by atoms with Gasteiger partial charge in [0.05, 0.1) is 6.20 Å². The molecule has 1 atom stereocenters. The zero-order chi connectivity index (χ0) is 22.1. The van der Waals surface area contributed by atoms with Gasteiger partial charge in [0, 0.05) is 29.6 Å². The molecule has 0 radical (unpaired) electrons. The Labute approximate surface area is 188 Å². The molecule has 3 heterocycles. The number of halogens is 2. The van der Waals surface area contributed by atoms with Crippen LogP contribution in [0.4, 0.5) is 4.39 Å². The highest BCUT2D eigenvalue weighted by molar-refractivity contribution is 6.31. The first-order chi connectivity index (χ1) is 15.6. The number of hydrogen-bond acceptors (Lipinski definition) is 5. The van der Waals surface area contributed by atoms with E-state index in [1.54, 1.807) is 29.3 Å². The molecule has 1 fully saturated rings. The summed E-state index contributed by atoms with van der Waals surface area (Å²) < 4.78 is 24.4. The quantitative estimate of drug-likeness (QED) is 0.389. The van der Waals surface area contributed by atoms with E-state index in [1.165, 1.54) is 12.1 Å². The van der Waals surface area contributed by atoms with Gasteiger partial charge in [-0.1, -0.05) is 35.0 Å². The lowest BCUT2D eigenvalue weighted by molar-refractivity contribution is 0.0672. The predicted molar refractivity (Wildman–Crippen MR) is 116 cm³/mol. The van der Waals surface area contributed by atoms with E-state index in [0.717, 1.165) is 18.4 Å². The lowest BCUT2D eigenvalue weighted by Gasteiger charge is -2.20. The van der Waals surface area contributed by atoms with Crippen molar-refractivity contribution in [1.29, 1.82) is 0 Å². The van der Waals surface area contributed by atoms with Gasteiger partial charge in [0.1, 0.15) is 23.3 Å². The highest BCUT2D eigenvalue weighted by Crippen LogP contribution is 2.34. The van der Waals surface area contributed by atoms with Gasteiger partial charge < -0.3 is 13.8 Å². The van der Waals surface area contributed by atoms with Gasteiger partial charge >= 0.3 is 0 Å². The fourth-order valence-corrected chi connectivity index (χ4v) is 4.13. The number of amides is 1. The molecule has 0 spiro atoms. The summed E-state index contributed by atoms with van der Waals surface area (Å²) in [6, 6.07) is 14.7. The van der Waals surface area contributed by atoms with Crippen molar-refractivity contribution in [2.45, 2.75) is 25.3 Å². The van der Waals surface area contributed by atoms with Crippen molar-refractivity contribution in [3.63, 3.8) is 0 Å². The summed E-state index contributed by atoms with van der Waals surface area (Å²) in [5.41, 5.74) is 2.09. The van der Waals surface area contributed by atoms with Gasteiger partial charge in [0.25, 0.3) is 5.91 Å². The summed E-state index contributed by atoms with van der Waals surface area (Å²) in [4.78, 5) is 19.2. The molecular weight excluding hydrogens is 433 g/mol. The van der Waals surface area contributed by atoms with Gasteiger partial charge in [0.2, 0.25) is 11.7 Å². The van der Waals surface area contributed by atoms with Crippen LogP contribution in [-0.2, 0) is 6.42 Å².